The van der Waals surface area contributed by atoms with Gasteiger partial charge in [0.25, 0.3) is 5.91 Å². The molecule has 2 heterocycles. The molecule has 1 N–H and O–H groups in total. The summed E-state index contributed by atoms with van der Waals surface area (Å²) in [6.45, 7) is 6.97. The van der Waals surface area contributed by atoms with Gasteiger partial charge in [-0.15, -0.1) is 6.58 Å². The smallest absolute Gasteiger partial charge is 0.287 e. The fourth-order valence-corrected chi connectivity index (χ4v) is 4.58. The topological polar surface area (TPSA) is 71.8 Å². The Hall–Kier alpha value is -3.80. The van der Waals surface area contributed by atoms with Crippen molar-refractivity contribution in [3.05, 3.63) is 101 Å². The molecule has 1 aromatic heterocycles. The molecule has 35 heavy (non-hydrogen) atoms. The first-order valence-electron chi connectivity index (χ1n) is 12.1. The van der Waals surface area contributed by atoms with Gasteiger partial charge in [-0.1, -0.05) is 42.0 Å². The molecule has 0 radical (unpaired) electrons. The van der Waals surface area contributed by atoms with E-state index in [2.05, 4.69) is 54.1 Å². The predicted octanol–water partition coefficient (Wildman–Crippen LogP) is 4.97. The van der Waals surface area contributed by atoms with Crippen molar-refractivity contribution in [2.75, 3.05) is 13.1 Å². The van der Waals surface area contributed by atoms with Gasteiger partial charge in [-0.05, 0) is 67.1 Å². The van der Waals surface area contributed by atoms with Gasteiger partial charge in [0.1, 0.15) is 18.1 Å². The summed E-state index contributed by atoms with van der Waals surface area (Å²) < 4.78 is 11.7. The van der Waals surface area contributed by atoms with E-state index < -0.39 is 0 Å². The molecular weight excluding hydrogens is 440 g/mol. The number of amides is 2. The second kappa shape index (κ2) is 9.82. The molecule has 1 aliphatic carbocycles. The molecule has 1 aliphatic heterocycles. The summed E-state index contributed by atoms with van der Waals surface area (Å²) in [6, 6.07) is 17.8. The number of carbonyl (C=O) groups excluding carboxylic acids is 2. The molecule has 180 valence electrons. The largest absolute Gasteiger partial charge is 0.486 e. The minimum atomic E-state index is -0.286. The highest BCUT2D eigenvalue weighted by atomic mass is 16.5. The molecule has 2 aromatic carbocycles. The third-order valence-corrected chi connectivity index (χ3v) is 6.62. The summed E-state index contributed by atoms with van der Waals surface area (Å²) in [5.41, 5.74) is 4.65. The summed E-state index contributed by atoms with van der Waals surface area (Å²) in [7, 11) is 0. The lowest BCUT2D eigenvalue weighted by atomic mass is 9.87. The molecule has 6 nitrogen and oxygen atoms in total. The Morgan fingerprint density at radius 3 is 2.69 bits per heavy atom. The number of nitrogens with one attached hydrogen (secondary N) is 1. The fourth-order valence-electron chi connectivity index (χ4n) is 4.58. The Morgan fingerprint density at radius 1 is 1.14 bits per heavy atom. The number of ether oxygens (including phenoxy) is 1. The maximum Gasteiger partial charge on any atom is 0.287 e. The van der Waals surface area contributed by atoms with Gasteiger partial charge >= 0.3 is 0 Å². The van der Waals surface area contributed by atoms with Crippen LogP contribution in [0.4, 0.5) is 0 Å². The van der Waals surface area contributed by atoms with Crippen LogP contribution in [0.2, 0.25) is 0 Å². The third-order valence-electron chi connectivity index (χ3n) is 6.62. The summed E-state index contributed by atoms with van der Waals surface area (Å²) >= 11 is 0. The van der Waals surface area contributed by atoms with Crippen LogP contribution in [-0.4, -0.2) is 29.8 Å². The lowest BCUT2D eigenvalue weighted by Crippen LogP contribution is -2.41. The van der Waals surface area contributed by atoms with Crippen LogP contribution < -0.4 is 10.1 Å². The monoisotopic (exact) mass is 470 g/mol. The highest BCUT2D eigenvalue weighted by Crippen LogP contribution is 2.41. The van der Waals surface area contributed by atoms with Crippen LogP contribution in [0.15, 0.2) is 71.7 Å². The number of benzene rings is 2. The van der Waals surface area contributed by atoms with Crippen LogP contribution in [0, 0.1) is 12.8 Å². The molecule has 1 unspecified atom stereocenters. The van der Waals surface area contributed by atoms with E-state index in [0.29, 0.717) is 18.1 Å². The molecule has 2 aliphatic rings. The number of fused-ring (bicyclic) bond motifs is 1. The third kappa shape index (κ3) is 5.02. The number of hydrogen-bond acceptors (Lipinski definition) is 4. The van der Waals surface area contributed by atoms with Gasteiger partial charge < -0.3 is 19.4 Å². The van der Waals surface area contributed by atoms with Gasteiger partial charge in [-0.3, -0.25) is 9.59 Å². The summed E-state index contributed by atoms with van der Waals surface area (Å²) in [5.74, 6) is 1.64. The zero-order valence-electron chi connectivity index (χ0n) is 20.0. The quantitative estimate of drug-likeness (QED) is 0.472. The summed E-state index contributed by atoms with van der Waals surface area (Å²) in [5, 5.41) is 2.70. The van der Waals surface area contributed by atoms with E-state index in [0.717, 1.165) is 36.9 Å². The summed E-state index contributed by atoms with van der Waals surface area (Å²) in [6.07, 6.45) is 4.42. The van der Waals surface area contributed by atoms with Crippen molar-refractivity contribution in [2.45, 2.75) is 38.8 Å². The highest BCUT2D eigenvalue weighted by molar-refractivity contribution is 5.91. The number of hydrogen-bond donors (Lipinski definition) is 1. The molecule has 0 spiro atoms. The number of aryl methyl sites for hydroxylation is 1. The van der Waals surface area contributed by atoms with Crippen LogP contribution in [0.1, 0.15) is 57.5 Å². The maximum absolute atomic E-state index is 13.2. The maximum atomic E-state index is 13.2. The fraction of sp³-hybridized carbons (Fsp3) is 0.310. The van der Waals surface area contributed by atoms with Crippen molar-refractivity contribution in [3.63, 3.8) is 0 Å². The Kier molecular flexibility index (Phi) is 6.45. The summed E-state index contributed by atoms with van der Waals surface area (Å²) in [4.78, 5) is 27.3. The number of rotatable bonds is 8. The Balaban J connectivity index is 1.37. The molecule has 5 rings (SSSR count). The number of furan rings is 1. The zero-order valence-corrected chi connectivity index (χ0v) is 20.0. The van der Waals surface area contributed by atoms with Crippen molar-refractivity contribution >= 4 is 11.8 Å². The highest BCUT2D eigenvalue weighted by Gasteiger charge is 2.39. The minimum absolute atomic E-state index is 0.125. The molecule has 1 fully saturated rings. The molecule has 3 aromatic rings. The molecule has 0 bridgehead atoms. The van der Waals surface area contributed by atoms with Gasteiger partial charge in [0.05, 0.1) is 6.04 Å². The lowest BCUT2D eigenvalue weighted by Gasteiger charge is -2.38. The van der Waals surface area contributed by atoms with Crippen LogP contribution in [0.25, 0.3) is 0 Å². The van der Waals surface area contributed by atoms with Gasteiger partial charge in [0, 0.05) is 19.0 Å². The predicted molar refractivity (Wildman–Crippen MR) is 133 cm³/mol. The Labute approximate surface area is 205 Å². The van der Waals surface area contributed by atoms with E-state index in [-0.39, 0.29) is 36.1 Å². The van der Waals surface area contributed by atoms with E-state index in [1.165, 1.54) is 11.1 Å². The van der Waals surface area contributed by atoms with E-state index in [4.69, 9.17) is 9.15 Å². The first kappa shape index (κ1) is 23.0. The average molecular weight is 471 g/mol. The van der Waals surface area contributed by atoms with Crippen molar-refractivity contribution < 1.29 is 18.7 Å². The Bertz CT molecular complexity index is 1240. The standard InChI is InChI=1S/C29H30N2O4/c1-3-15-30-28(32)26-13-12-24(35-26)18-34-23-11-10-20-14-16-31(29(33)22-8-9-22)27(25(20)17-23)21-6-4-19(2)5-7-21/h3-7,10-13,17,22,27H,1,8-9,14-16,18H2,2H3,(H,30,32). The average Bonchev–Trinajstić information content (AvgIpc) is 3.62. The van der Waals surface area contributed by atoms with E-state index in [9.17, 15) is 9.59 Å². The first-order chi connectivity index (χ1) is 17.0. The van der Waals surface area contributed by atoms with Crippen LogP contribution in [0.3, 0.4) is 0 Å². The van der Waals surface area contributed by atoms with Crippen molar-refractivity contribution in [2.24, 2.45) is 5.92 Å². The molecule has 1 atom stereocenters. The van der Waals surface area contributed by atoms with Gasteiger partial charge in [-0.2, -0.15) is 0 Å². The lowest BCUT2D eigenvalue weighted by molar-refractivity contribution is -0.134. The minimum Gasteiger partial charge on any atom is -0.486 e. The van der Waals surface area contributed by atoms with Gasteiger partial charge in [0.2, 0.25) is 5.91 Å². The van der Waals surface area contributed by atoms with E-state index in [1.807, 2.05) is 12.1 Å². The van der Waals surface area contributed by atoms with Gasteiger partial charge in [-0.25, -0.2) is 0 Å². The number of nitrogens with zero attached hydrogens (tertiary/aromatic N) is 1. The molecule has 1 saturated carbocycles. The van der Waals surface area contributed by atoms with Crippen LogP contribution in [0.5, 0.6) is 5.75 Å². The number of carbonyl (C=O) groups is 2. The second-order valence-electron chi connectivity index (χ2n) is 9.28. The SMILES string of the molecule is C=CCNC(=O)c1ccc(COc2ccc3c(c2)C(c2ccc(C)cc2)N(C(=O)C2CC2)CC3)o1. The molecule has 2 amide bonds. The first-order valence-corrected chi connectivity index (χ1v) is 12.1. The molecular formula is C29H30N2O4. The Morgan fingerprint density at radius 2 is 1.94 bits per heavy atom. The zero-order chi connectivity index (χ0) is 24.4. The van der Waals surface area contributed by atoms with E-state index in [1.54, 1.807) is 18.2 Å². The normalized spacial score (nSPS) is 16.9. The van der Waals surface area contributed by atoms with Gasteiger partial charge in [0.15, 0.2) is 5.76 Å². The van der Waals surface area contributed by atoms with Crippen molar-refractivity contribution in [3.8, 4) is 5.75 Å². The second-order valence-corrected chi connectivity index (χ2v) is 9.28. The molecule has 0 saturated heterocycles. The van der Waals surface area contributed by atoms with Crippen LogP contribution in [-0.2, 0) is 17.8 Å². The van der Waals surface area contributed by atoms with E-state index >= 15 is 0 Å². The van der Waals surface area contributed by atoms with Crippen molar-refractivity contribution in [1.29, 1.82) is 0 Å². The molecule has 6 heteroatoms. The van der Waals surface area contributed by atoms with Crippen LogP contribution >= 0.6 is 0 Å². The van der Waals surface area contributed by atoms with Crippen molar-refractivity contribution in [1.82, 2.24) is 10.2 Å².